The van der Waals surface area contributed by atoms with E-state index in [1.807, 2.05) is 0 Å². The number of benzene rings is 1. The van der Waals surface area contributed by atoms with Crippen LogP contribution < -0.4 is 10.8 Å². The smallest absolute Gasteiger partial charge is 0.406 e. The minimum absolute atomic E-state index is 0.0219. The second kappa shape index (κ2) is 16.9. The predicted molar refractivity (Wildman–Crippen MR) is 171 cm³/mol. The molecule has 3 heterocycles. The van der Waals surface area contributed by atoms with Crippen molar-refractivity contribution in [2.75, 3.05) is 25.6 Å². The summed E-state index contributed by atoms with van der Waals surface area (Å²) >= 11 is 0. The van der Waals surface area contributed by atoms with Gasteiger partial charge in [0.15, 0.2) is 29.2 Å². The first-order valence-electron chi connectivity index (χ1n) is 15.6. The van der Waals surface area contributed by atoms with Crippen LogP contribution in [0.15, 0.2) is 36.7 Å². The monoisotopic (exact) mass is 690 g/mol. The van der Waals surface area contributed by atoms with Crippen LogP contribution in [-0.4, -0.2) is 79.2 Å². The number of nitrogens with zero attached hydrogens (tertiary/aromatic N) is 4. The molecule has 0 saturated carbocycles. The molecule has 1 aromatic carbocycles. The molecule has 3 aromatic rings. The second-order valence-electron chi connectivity index (χ2n) is 11.3. The molecule has 4 rings (SSSR count). The zero-order valence-corrected chi connectivity index (χ0v) is 27.4. The summed E-state index contributed by atoms with van der Waals surface area (Å²) in [6.45, 7) is 0.642. The molecule has 17 heteroatoms. The van der Waals surface area contributed by atoms with Crippen molar-refractivity contribution in [3.05, 3.63) is 48.3 Å². The van der Waals surface area contributed by atoms with Gasteiger partial charge in [-0.05, 0) is 18.4 Å². The highest BCUT2D eigenvalue weighted by atomic mass is 31.2. The third kappa shape index (κ3) is 9.56. The number of unbranched alkanes of at least 4 members (excludes halogenated alkanes) is 5. The molecule has 0 bridgehead atoms. The minimum Gasteiger partial charge on any atom is -0.480 e. The number of imidazole rings is 1. The molecule has 5 N–H and O–H groups in total. The molecule has 0 amide bonds. The van der Waals surface area contributed by atoms with E-state index in [1.54, 1.807) is 30.3 Å². The van der Waals surface area contributed by atoms with E-state index in [9.17, 15) is 28.8 Å². The second-order valence-corrected chi connectivity index (χ2v) is 13.1. The van der Waals surface area contributed by atoms with Crippen LogP contribution in [0.3, 0.4) is 0 Å². The van der Waals surface area contributed by atoms with Gasteiger partial charge in [-0.1, -0.05) is 75.3 Å². The van der Waals surface area contributed by atoms with Gasteiger partial charge >= 0.3 is 25.8 Å². The summed E-state index contributed by atoms with van der Waals surface area (Å²) in [6, 6.07) is 7.06. The van der Waals surface area contributed by atoms with Crippen LogP contribution in [-0.2, 0) is 39.1 Å². The Morgan fingerprint density at radius 2 is 1.96 bits per heavy atom. The Hall–Kier alpha value is -3.97. The summed E-state index contributed by atoms with van der Waals surface area (Å²) in [6.07, 6.45) is 9.03. The number of carbonyl (C=O) groups is 2. The summed E-state index contributed by atoms with van der Waals surface area (Å²) in [7, 11) is -4.67. The number of carboxylic acids is 1. The number of fused-ring (bicyclic) bond motifs is 1. The van der Waals surface area contributed by atoms with Crippen molar-refractivity contribution < 1.29 is 47.3 Å². The maximum absolute atomic E-state index is 14.1. The number of hydrogen-bond donors (Lipinski definition) is 4. The lowest BCUT2D eigenvalue weighted by Crippen LogP contribution is -2.44. The Morgan fingerprint density at radius 3 is 2.67 bits per heavy atom. The largest absolute Gasteiger partial charge is 0.480 e. The Kier molecular flexibility index (Phi) is 13.0. The molecule has 5 atom stereocenters. The predicted octanol–water partition coefficient (Wildman–Crippen LogP) is 3.53. The van der Waals surface area contributed by atoms with Crippen LogP contribution in [0.1, 0.15) is 63.7 Å². The van der Waals surface area contributed by atoms with E-state index in [1.165, 1.54) is 10.9 Å². The standard InChI is InChI=1S/C31H40FN6O9P/c1-3-5-6-7-8-12-15-44-25(40)18-45-48(43,37-22(29(41)42)16-21-13-10-9-11-14-21)46-19-31(4-2)23(39)17-24(47-31)38-20-34-26-27(33)35-30(32)36-28(26)38/h2,9-11,13-14,20,22-24,39H,3,5-8,12,15-19H2,1H3,(H,37,43)(H,41,42)(H2,33,35,36)/t22-,23-,24+,31+,48-/m0/s1. The number of hydrogen-bond acceptors (Lipinski definition) is 12. The van der Waals surface area contributed by atoms with Crippen molar-refractivity contribution in [2.24, 2.45) is 0 Å². The number of carbonyl (C=O) groups excluding carboxylic acids is 1. The van der Waals surface area contributed by atoms with Gasteiger partial charge in [0.1, 0.15) is 25.0 Å². The zero-order chi connectivity index (χ0) is 34.7. The molecule has 1 aliphatic heterocycles. The summed E-state index contributed by atoms with van der Waals surface area (Å²) in [5.74, 6) is -0.101. The molecule has 1 aliphatic rings. The first kappa shape index (κ1) is 36.9. The van der Waals surface area contributed by atoms with Crippen LogP contribution in [0.5, 0.6) is 0 Å². The Bertz CT molecular complexity index is 1640. The fourth-order valence-electron chi connectivity index (χ4n) is 5.11. The van der Waals surface area contributed by atoms with E-state index >= 15 is 0 Å². The lowest BCUT2D eigenvalue weighted by molar-refractivity contribution is -0.146. The van der Waals surface area contributed by atoms with Gasteiger partial charge in [-0.2, -0.15) is 14.4 Å². The fraction of sp³-hybridized carbons (Fsp3) is 0.516. The molecule has 15 nitrogen and oxygen atoms in total. The minimum atomic E-state index is -4.67. The number of aliphatic carboxylic acids is 1. The van der Waals surface area contributed by atoms with Gasteiger partial charge in [-0.3, -0.25) is 18.4 Å². The fourth-order valence-corrected chi connectivity index (χ4v) is 6.56. The van der Waals surface area contributed by atoms with Crippen molar-refractivity contribution in [3.8, 4) is 12.3 Å². The number of aromatic nitrogens is 4. The highest BCUT2D eigenvalue weighted by Gasteiger charge is 2.50. The van der Waals surface area contributed by atoms with Crippen LogP contribution in [0, 0.1) is 18.4 Å². The topological polar surface area (TPSA) is 210 Å². The summed E-state index contributed by atoms with van der Waals surface area (Å²) in [4.78, 5) is 35.9. The molecule has 0 spiro atoms. The number of terminal acetylenes is 1. The van der Waals surface area contributed by atoms with Crippen LogP contribution in [0.4, 0.5) is 10.2 Å². The third-order valence-corrected chi connectivity index (χ3v) is 9.31. The van der Waals surface area contributed by atoms with Gasteiger partial charge in [0.05, 0.1) is 12.9 Å². The average molecular weight is 691 g/mol. The van der Waals surface area contributed by atoms with E-state index in [2.05, 4.69) is 32.9 Å². The maximum Gasteiger partial charge on any atom is 0.406 e. The van der Waals surface area contributed by atoms with E-state index in [4.69, 9.17) is 30.7 Å². The number of aliphatic hydroxyl groups excluding tert-OH is 1. The van der Waals surface area contributed by atoms with E-state index < -0.39 is 63.0 Å². The number of nitrogens with two attached hydrogens (primary N) is 1. The normalized spacial score (nSPS) is 21.0. The number of anilines is 1. The summed E-state index contributed by atoms with van der Waals surface area (Å²) < 4.78 is 51.5. The molecular weight excluding hydrogens is 650 g/mol. The van der Waals surface area contributed by atoms with Gasteiger partial charge in [-0.15, -0.1) is 6.42 Å². The Labute approximate surface area is 276 Å². The first-order valence-corrected chi connectivity index (χ1v) is 17.1. The molecule has 0 unspecified atom stereocenters. The van der Waals surface area contributed by atoms with E-state index in [0.29, 0.717) is 12.0 Å². The third-order valence-electron chi connectivity index (χ3n) is 7.74. The average Bonchev–Trinajstić information content (AvgIpc) is 3.63. The van der Waals surface area contributed by atoms with Crippen LogP contribution >= 0.6 is 7.75 Å². The van der Waals surface area contributed by atoms with Gasteiger partial charge in [0.25, 0.3) is 0 Å². The van der Waals surface area contributed by atoms with E-state index in [0.717, 1.165) is 32.1 Å². The van der Waals surface area contributed by atoms with Crippen LogP contribution in [0.25, 0.3) is 11.2 Å². The number of nitrogen functional groups attached to an aromatic ring is 1. The molecule has 48 heavy (non-hydrogen) atoms. The van der Waals surface area contributed by atoms with E-state index in [-0.39, 0.29) is 36.4 Å². The molecule has 1 saturated heterocycles. The lowest BCUT2D eigenvalue weighted by atomic mass is 9.99. The Morgan fingerprint density at radius 1 is 1.23 bits per heavy atom. The van der Waals surface area contributed by atoms with Gasteiger partial charge < -0.3 is 25.4 Å². The first-order chi connectivity index (χ1) is 23.0. The summed E-state index contributed by atoms with van der Waals surface area (Å²) in [5, 5.41) is 23.4. The van der Waals surface area contributed by atoms with Gasteiger partial charge in [0, 0.05) is 6.42 Å². The van der Waals surface area contributed by atoms with Gasteiger partial charge in [0.2, 0.25) is 0 Å². The molecule has 1 fully saturated rings. The van der Waals surface area contributed by atoms with Gasteiger partial charge in [-0.25, -0.2) is 19.4 Å². The summed E-state index contributed by atoms with van der Waals surface area (Å²) in [5.41, 5.74) is 4.48. The molecule has 0 aliphatic carbocycles. The lowest BCUT2D eigenvalue weighted by Gasteiger charge is -2.29. The highest BCUT2D eigenvalue weighted by molar-refractivity contribution is 7.51. The van der Waals surface area contributed by atoms with Crippen LogP contribution in [0.2, 0.25) is 0 Å². The molecule has 0 radical (unpaired) electrons. The van der Waals surface area contributed by atoms with Crippen molar-refractivity contribution in [3.63, 3.8) is 0 Å². The molecule has 2 aromatic heterocycles. The number of aliphatic hydroxyl groups is 1. The SMILES string of the molecule is C#C[C@]1(CO[P@](=O)(N[C@@H](Cc2ccccc2)C(=O)O)OCC(=O)OCCCCCCCC)O[C@@H](n2cnc3c(N)nc(F)nc32)C[C@@H]1O. The molecule has 260 valence electrons. The number of esters is 1. The number of ether oxygens (including phenoxy) is 2. The zero-order valence-electron chi connectivity index (χ0n) is 26.5. The quantitative estimate of drug-likeness (QED) is 0.0466. The van der Waals surface area contributed by atoms with Crippen molar-refractivity contribution in [2.45, 2.75) is 82.3 Å². The Balaban J connectivity index is 1.48. The van der Waals surface area contributed by atoms with Crippen molar-refractivity contribution in [1.82, 2.24) is 24.6 Å². The van der Waals surface area contributed by atoms with Crippen molar-refractivity contribution >= 4 is 36.7 Å². The molecular formula is C31H40FN6O9P. The highest BCUT2D eigenvalue weighted by Crippen LogP contribution is 2.48. The van der Waals surface area contributed by atoms with Crippen molar-refractivity contribution in [1.29, 1.82) is 0 Å². The maximum atomic E-state index is 14.1. The number of halogens is 1. The number of rotatable bonds is 19. The number of nitrogens with one attached hydrogen (secondary N) is 1. The number of carboxylic acid groups (broad SMARTS) is 1.